The van der Waals surface area contributed by atoms with Crippen LogP contribution in [0.15, 0.2) is 42.5 Å². The first-order valence-electron chi connectivity index (χ1n) is 11.7. The molecule has 0 amide bonds. The highest BCUT2D eigenvalue weighted by atomic mass is 16.7. The van der Waals surface area contributed by atoms with E-state index in [0.29, 0.717) is 41.4 Å². The van der Waals surface area contributed by atoms with Crippen LogP contribution in [0.25, 0.3) is 0 Å². The van der Waals surface area contributed by atoms with E-state index in [1.807, 2.05) is 36.4 Å². The molecule has 7 nitrogen and oxygen atoms in total. The third-order valence-electron chi connectivity index (χ3n) is 7.57. The van der Waals surface area contributed by atoms with Gasteiger partial charge in [0.2, 0.25) is 6.79 Å². The van der Waals surface area contributed by atoms with E-state index in [4.69, 9.17) is 23.7 Å². The van der Waals surface area contributed by atoms with Crippen molar-refractivity contribution in [3.05, 3.63) is 59.2 Å². The van der Waals surface area contributed by atoms with Crippen LogP contribution in [0.5, 0.6) is 23.0 Å². The Hall–Kier alpha value is -2.74. The van der Waals surface area contributed by atoms with Gasteiger partial charge in [0.05, 0.1) is 20.8 Å². The van der Waals surface area contributed by atoms with Crippen molar-refractivity contribution in [1.29, 1.82) is 0 Å². The minimum absolute atomic E-state index is 0.106. The fraction of sp³-hybridized carbons (Fsp3) is 0.481. The van der Waals surface area contributed by atoms with Crippen LogP contribution in [0.2, 0.25) is 0 Å². The van der Waals surface area contributed by atoms with Crippen molar-refractivity contribution in [2.24, 2.45) is 5.92 Å². The van der Waals surface area contributed by atoms with Gasteiger partial charge in [-0.15, -0.1) is 0 Å². The zero-order valence-corrected chi connectivity index (χ0v) is 19.9. The molecule has 2 aromatic carbocycles. The average molecular weight is 469 g/mol. The molecule has 3 aliphatic rings. The second-order valence-electron chi connectivity index (χ2n) is 9.36. The van der Waals surface area contributed by atoms with Gasteiger partial charge in [0.1, 0.15) is 22.7 Å². The fourth-order valence-corrected chi connectivity index (χ4v) is 5.87. The van der Waals surface area contributed by atoms with E-state index in [1.54, 1.807) is 27.4 Å². The molecular weight excluding hydrogens is 436 g/mol. The van der Waals surface area contributed by atoms with Crippen molar-refractivity contribution in [2.45, 2.75) is 42.8 Å². The minimum atomic E-state index is -1.56. The average Bonchev–Trinajstić information content (AvgIpc) is 3.32. The quantitative estimate of drug-likeness (QED) is 0.622. The molecule has 0 fully saturated rings. The summed E-state index contributed by atoms with van der Waals surface area (Å²) in [7, 11) is 4.88. The zero-order valence-electron chi connectivity index (χ0n) is 19.9. The Morgan fingerprint density at radius 2 is 1.68 bits per heavy atom. The second-order valence-corrected chi connectivity index (χ2v) is 9.36. The number of fused-ring (bicyclic) bond motifs is 2. The number of hydrogen-bond donors (Lipinski definition) is 2. The summed E-state index contributed by atoms with van der Waals surface area (Å²) in [4.78, 5) is 0. The maximum absolute atomic E-state index is 12.5. The Morgan fingerprint density at radius 1 is 0.971 bits per heavy atom. The maximum atomic E-state index is 12.5. The Kier molecular flexibility index (Phi) is 5.96. The minimum Gasteiger partial charge on any atom is -0.497 e. The normalized spacial score (nSPS) is 29.6. The Morgan fingerprint density at radius 3 is 2.29 bits per heavy atom. The number of allylic oxidation sites excluding steroid dienone is 1. The van der Waals surface area contributed by atoms with E-state index in [0.717, 1.165) is 24.0 Å². The molecule has 2 N–H and O–H groups in total. The number of rotatable bonds is 6. The predicted molar refractivity (Wildman–Crippen MR) is 126 cm³/mol. The lowest BCUT2D eigenvalue weighted by Crippen LogP contribution is -2.59. The van der Waals surface area contributed by atoms with Crippen LogP contribution in [-0.4, -0.2) is 50.5 Å². The molecule has 0 aromatic heterocycles. The smallest absolute Gasteiger partial charge is 0.231 e. The van der Waals surface area contributed by atoms with Crippen molar-refractivity contribution in [3.63, 3.8) is 0 Å². The predicted octanol–water partition coefficient (Wildman–Crippen LogP) is 3.89. The first kappa shape index (κ1) is 23.0. The molecule has 34 heavy (non-hydrogen) atoms. The number of aliphatic hydroxyl groups is 2. The Bertz CT molecular complexity index is 1070. The summed E-state index contributed by atoms with van der Waals surface area (Å²) in [5.74, 6) is 2.10. The monoisotopic (exact) mass is 468 g/mol. The van der Waals surface area contributed by atoms with Crippen LogP contribution in [0.1, 0.15) is 48.3 Å². The SMILES string of the molecule is COCC1C[C@H](c2cc(OC)cc(OC)c2)c2cc3c(cc2C1(O)[C@@]1(O)C=CCCC1)OCO3. The van der Waals surface area contributed by atoms with Crippen LogP contribution in [0.3, 0.4) is 0 Å². The summed E-state index contributed by atoms with van der Waals surface area (Å²) in [5.41, 5.74) is -0.456. The molecule has 2 aromatic rings. The molecule has 1 aliphatic heterocycles. The van der Waals surface area contributed by atoms with Crippen molar-refractivity contribution >= 4 is 0 Å². The Labute approximate surface area is 199 Å². The van der Waals surface area contributed by atoms with Gasteiger partial charge in [0.15, 0.2) is 11.5 Å². The molecule has 0 saturated heterocycles. The maximum Gasteiger partial charge on any atom is 0.231 e. The van der Waals surface area contributed by atoms with Gasteiger partial charge in [-0.25, -0.2) is 0 Å². The number of ether oxygens (including phenoxy) is 5. The zero-order chi connectivity index (χ0) is 23.9. The first-order valence-corrected chi connectivity index (χ1v) is 11.7. The molecule has 4 atom stereocenters. The molecule has 182 valence electrons. The van der Waals surface area contributed by atoms with E-state index in [2.05, 4.69) is 0 Å². The van der Waals surface area contributed by atoms with Gasteiger partial charge >= 0.3 is 0 Å². The van der Waals surface area contributed by atoms with Gasteiger partial charge in [0, 0.05) is 25.0 Å². The molecular formula is C27H32O7. The van der Waals surface area contributed by atoms with Gasteiger partial charge in [-0.1, -0.05) is 12.2 Å². The molecule has 5 rings (SSSR count). The third kappa shape index (κ3) is 3.54. The molecule has 0 spiro atoms. The molecule has 0 bridgehead atoms. The number of benzene rings is 2. The second kappa shape index (κ2) is 8.80. The fourth-order valence-electron chi connectivity index (χ4n) is 5.87. The topological polar surface area (TPSA) is 86.6 Å². The van der Waals surface area contributed by atoms with Crippen LogP contribution >= 0.6 is 0 Å². The van der Waals surface area contributed by atoms with Gasteiger partial charge < -0.3 is 33.9 Å². The van der Waals surface area contributed by atoms with Gasteiger partial charge in [-0.3, -0.25) is 0 Å². The highest BCUT2D eigenvalue weighted by Gasteiger charge is 2.58. The summed E-state index contributed by atoms with van der Waals surface area (Å²) in [6.07, 6.45) is 6.42. The van der Waals surface area contributed by atoms with Crippen LogP contribution in [0.4, 0.5) is 0 Å². The lowest BCUT2D eigenvalue weighted by molar-refractivity contribution is -0.186. The third-order valence-corrected chi connectivity index (χ3v) is 7.57. The summed E-state index contributed by atoms with van der Waals surface area (Å²) in [6.45, 7) is 0.415. The van der Waals surface area contributed by atoms with Crippen LogP contribution < -0.4 is 18.9 Å². The molecule has 7 heteroatoms. The van der Waals surface area contributed by atoms with E-state index >= 15 is 0 Å². The van der Waals surface area contributed by atoms with Crippen molar-refractivity contribution in [2.75, 3.05) is 34.7 Å². The van der Waals surface area contributed by atoms with Gasteiger partial charge in [0.25, 0.3) is 0 Å². The number of hydrogen-bond acceptors (Lipinski definition) is 7. The first-order chi connectivity index (χ1) is 16.4. The summed E-state index contributed by atoms with van der Waals surface area (Å²) < 4.78 is 28.0. The molecule has 2 aliphatic carbocycles. The van der Waals surface area contributed by atoms with Crippen molar-refractivity contribution < 1.29 is 33.9 Å². The molecule has 0 saturated carbocycles. The highest BCUT2D eigenvalue weighted by Crippen LogP contribution is 2.57. The van der Waals surface area contributed by atoms with Gasteiger partial charge in [-0.05, 0) is 66.6 Å². The summed E-state index contributed by atoms with van der Waals surface area (Å²) >= 11 is 0. The summed E-state index contributed by atoms with van der Waals surface area (Å²) in [6, 6.07) is 9.60. The van der Waals surface area contributed by atoms with Crippen LogP contribution in [0, 0.1) is 5.92 Å². The lowest BCUT2D eigenvalue weighted by Gasteiger charge is -2.52. The highest BCUT2D eigenvalue weighted by molar-refractivity contribution is 5.57. The van der Waals surface area contributed by atoms with E-state index in [-0.39, 0.29) is 25.2 Å². The van der Waals surface area contributed by atoms with E-state index in [9.17, 15) is 10.2 Å². The molecule has 1 heterocycles. The van der Waals surface area contributed by atoms with Crippen LogP contribution in [-0.2, 0) is 10.3 Å². The standard InChI is InChI=1S/C27H32O7/c1-30-15-18-11-21(17-9-19(31-2)12-20(10-17)32-3)22-13-24-25(34-16-33-24)14-23(22)27(18,29)26(28)7-5-4-6-8-26/h5,7,9-10,12-14,18,21,28-29H,4,6,8,11,15-16H2,1-3H3/t18?,21-,26-,27?/m1/s1. The van der Waals surface area contributed by atoms with Crippen molar-refractivity contribution in [1.82, 2.24) is 0 Å². The van der Waals surface area contributed by atoms with E-state index < -0.39 is 11.2 Å². The van der Waals surface area contributed by atoms with Crippen molar-refractivity contribution in [3.8, 4) is 23.0 Å². The largest absolute Gasteiger partial charge is 0.497 e. The Balaban J connectivity index is 1.74. The van der Waals surface area contributed by atoms with Gasteiger partial charge in [-0.2, -0.15) is 0 Å². The number of methoxy groups -OCH3 is 3. The lowest BCUT2D eigenvalue weighted by atomic mass is 9.58. The molecule has 2 unspecified atom stereocenters. The van der Waals surface area contributed by atoms with E-state index in [1.165, 1.54) is 0 Å². The summed E-state index contributed by atoms with van der Waals surface area (Å²) in [5, 5.41) is 24.3. The molecule has 0 radical (unpaired) electrons.